The van der Waals surface area contributed by atoms with Crippen LogP contribution in [0.5, 0.6) is 0 Å². The van der Waals surface area contributed by atoms with Crippen molar-refractivity contribution in [3.05, 3.63) is 23.9 Å². The molecule has 0 atom stereocenters. The molecule has 1 aromatic rings. The van der Waals surface area contributed by atoms with Gasteiger partial charge in [-0.25, -0.2) is 4.98 Å². The monoisotopic (exact) mass is 151 g/mol. The number of anilines is 1. The molecule has 4 heteroatoms. The number of nitrogens with zero attached hydrogens (tertiary/aromatic N) is 1. The number of amides is 1. The topological polar surface area (TPSA) is 65.0 Å². The average molecular weight is 151 g/mol. The summed E-state index contributed by atoms with van der Waals surface area (Å²) in [4.78, 5) is 13.8. The van der Waals surface area contributed by atoms with Gasteiger partial charge in [0.25, 0.3) is 0 Å². The molecule has 1 rings (SSSR count). The molecular formula is C7H7N2O2-. The molecule has 1 heterocycles. The van der Waals surface area contributed by atoms with Gasteiger partial charge in [-0.3, -0.25) is 0 Å². The molecule has 11 heavy (non-hydrogen) atoms. The first-order valence-corrected chi connectivity index (χ1v) is 3.09. The third-order valence-corrected chi connectivity index (χ3v) is 1.15. The molecule has 0 unspecified atom stereocenters. The molecular weight excluding hydrogens is 144 g/mol. The molecule has 4 nitrogen and oxygen atoms in total. The third-order valence-electron chi connectivity index (χ3n) is 1.15. The number of carbonyl (C=O) groups excluding carboxylic acids is 1. The molecule has 0 aromatic carbocycles. The van der Waals surface area contributed by atoms with Gasteiger partial charge in [0.15, 0.2) is 0 Å². The Kier molecular flexibility index (Phi) is 2.06. The average Bonchev–Trinajstić information content (AvgIpc) is 1.85. The summed E-state index contributed by atoms with van der Waals surface area (Å²) in [5.74, 6) is 0.296. The Bertz CT molecular complexity index is 273. The number of aryl methyl sites for hydroxylation is 1. The van der Waals surface area contributed by atoms with Gasteiger partial charge in [-0.2, -0.15) is 0 Å². The highest BCUT2D eigenvalue weighted by Crippen LogP contribution is 2.03. The zero-order chi connectivity index (χ0) is 8.27. The van der Waals surface area contributed by atoms with Crippen LogP contribution < -0.4 is 10.4 Å². The summed E-state index contributed by atoms with van der Waals surface area (Å²) in [6.07, 6.45) is 0.184. The number of hydrogen-bond acceptors (Lipinski definition) is 3. The number of pyridine rings is 1. The lowest BCUT2D eigenvalue weighted by atomic mass is 10.3. The smallest absolute Gasteiger partial charge is 0.140 e. The van der Waals surface area contributed by atoms with Gasteiger partial charge >= 0.3 is 0 Å². The first-order chi connectivity index (χ1) is 5.18. The second-order valence-corrected chi connectivity index (χ2v) is 2.13. The summed E-state index contributed by atoms with van der Waals surface area (Å²) in [6.45, 7) is 1.85. The number of carboxylic acid groups (broad SMARTS) is 1. The van der Waals surface area contributed by atoms with Crippen LogP contribution in [0, 0.1) is 6.92 Å². The standard InChI is InChI=1S/C7H8N2O2/c1-5-2-3-8-6(4-5)9-7(10)11/h2-4H,1H3,(H,8,9)(H,10,11)/p-1. The van der Waals surface area contributed by atoms with Crippen LogP contribution in [-0.2, 0) is 0 Å². The van der Waals surface area contributed by atoms with E-state index in [1.54, 1.807) is 12.1 Å². The Morgan fingerprint density at radius 3 is 3.00 bits per heavy atom. The minimum absolute atomic E-state index is 0.296. The lowest BCUT2D eigenvalue weighted by Crippen LogP contribution is -2.29. The number of aromatic nitrogens is 1. The summed E-state index contributed by atoms with van der Waals surface area (Å²) in [5.41, 5.74) is 0.948. The van der Waals surface area contributed by atoms with Gasteiger partial charge in [0.2, 0.25) is 0 Å². The fourth-order valence-electron chi connectivity index (χ4n) is 0.709. The van der Waals surface area contributed by atoms with E-state index in [0.29, 0.717) is 5.82 Å². The molecule has 58 valence electrons. The predicted octanol–water partition coefficient (Wildman–Crippen LogP) is 0.145. The maximum atomic E-state index is 10.0. The first kappa shape index (κ1) is 7.53. The Balaban J connectivity index is 2.79. The Morgan fingerprint density at radius 2 is 2.45 bits per heavy atom. The highest BCUT2D eigenvalue weighted by atomic mass is 16.4. The van der Waals surface area contributed by atoms with Crippen molar-refractivity contribution in [1.29, 1.82) is 0 Å². The van der Waals surface area contributed by atoms with Crippen LogP contribution in [0.2, 0.25) is 0 Å². The lowest BCUT2D eigenvalue weighted by Gasteiger charge is -2.04. The molecule has 0 spiro atoms. The second-order valence-electron chi connectivity index (χ2n) is 2.13. The van der Waals surface area contributed by atoms with E-state index in [-0.39, 0.29) is 0 Å². The Labute approximate surface area is 63.9 Å². The summed E-state index contributed by atoms with van der Waals surface area (Å²) in [6, 6.07) is 3.40. The van der Waals surface area contributed by atoms with Crippen molar-refractivity contribution in [2.24, 2.45) is 0 Å². The molecule has 0 saturated heterocycles. The molecule has 0 saturated carbocycles. The summed E-state index contributed by atoms with van der Waals surface area (Å²) < 4.78 is 0. The van der Waals surface area contributed by atoms with E-state index in [9.17, 15) is 9.90 Å². The summed E-state index contributed by atoms with van der Waals surface area (Å²) in [7, 11) is 0. The van der Waals surface area contributed by atoms with Crippen LogP contribution in [0.3, 0.4) is 0 Å². The molecule has 1 aromatic heterocycles. The molecule has 0 bridgehead atoms. The van der Waals surface area contributed by atoms with E-state index in [2.05, 4.69) is 4.98 Å². The van der Waals surface area contributed by atoms with Crippen molar-refractivity contribution < 1.29 is 9.90 Å². The second kappa shape index (κ2) is 3.01. The number of hydrogen-bond donors (Lipinski definition) is 1. The van der Waals surface area contributed by atoms with Crippen molar-refractivity contribution in [3.8, 4) is 0 Å². The molecule has 0 aliphatic rings. The highest BCUT2D eigenvalue weighted by molar-refractivity contribution is 5.79. The molecule has 0 aliphatic carbocycles. The third kappa shape index (κ3) is 2.25. The van der Waals surface area contributed by atoms with Gasteiger partial charge in [0.1, 0.15) is 11.9 Å². The van der Waals surface area contributed by atoms with E-state index in [4.69, 9.17) is 0 Å². The zero-order valence-corrected chi connectivity index (χ0v) is 6.00. The number of nitrogens with one attached hydrogen (secondary N) is 1. The summed E-state index contributed by atoms with van der Waals surface area (Å²) in [5, 5.41) is 12.1. The van der Waals surface area contributed by atoms with Crippen molar-refractivity contribution >= 4 is 11.9 Å². The van der Waals surface area contributed by atoms with Crippen LogP contribution in [-0.4, -0.2) is 11.1 Å². The van der Waals surface area contributed by atoms with E-state index >= 15 is 0 Å². The van der Waals surface area contributed by atoms with Crippen molar-refractivity contribution in [3.63, 3.8) is 0 Å². The van der Waals surface area contributed by atoms with Gasteiger partial charge in [-0.1, -0.05) is 0 Å². The van der Waals surface area contributed by atoms with Gasteiger partial charge in [0, 0.05) is 6.20 Å². The minimum Gasteiger partial charge on any atom is -0.530 e. The maximum Gasteiger partial charge on any atom is 0.140 e. The van der Waals surface area contributed by atoms with Gasteiger partial charge in [-0.15, -0.1) is 0 Å². The maximum absolute atomic E-state index is 10.0. The molecule has 0 fully saturated rings. The Hall–Kier alpha value is -1.58. The van der Waals surface area contributed by atoms with Gasteiger partial charge in [0.05, 0.1) is 0 Å². The van der Waals surface area contributed by atoms with E-state index < -0.39 is 6.09 Å². The lowest BCUT2D eigenvalue weighted by molar-refractivity contribution is -0.242. The van der Waals surface area contributed by atoms with E-state index in [0.717, 1.165) is 5.56 Å². The van der Waals surface area contributed by atoms with Crippen LogP contribution in [0.25, 0.3) is 0 Å². The fourth-order valence-corrected chi connectivity index (χ4v) is 0.709. The van der Waals surface area contributed by atoms with E-state index in [1.165, 1.54) is 6.20 Å². The molecule has 0 aliphatic heterocycles. The van der Waals surface area contributed by atoms with Crippen molar-refractivity contribution in [2.75, 3.05) is 5.32 Å². The van der Waals surface area contributed by atoms with Crippen LogP contribution in [0.1, 0.15) is 5.56 Å². The minimum atomic E-state index is -1.34. The Morgan fingerprint density at radius 1 is 1.73 bits per heavy atom. The summed E-state index contributed by atoms with van der Waals surface area (Å²) >= 11 is 0. The van der Waals surface area contributed by atoms with Crippen LogP contribution in [0.15, 0.2) is 18.3 Å². The normalized spacial score (nSPS) is 9.18. The number of carbonyl (C=O) groups is 1. The largest absolute Gasteiger partial charge is 0.530 e. The SMILES string of the molecule is Cc1ccnc(NC(=O)[O-])c1. The van der Waals surface area contributed by atoms with Crippen molar-refractivity contribution in [2.45, 2.75) is 6.92 Å². The van der Waals surface area contributed by atoms with Crippen LogP contribution in [0.4, 0.5) is 10.6 Å². The quantitative estimate of drug-likeness (QED) is 0.621. The predicted molar refractivity (Wildman–Crippen MR) is 38.0 cm³/mol. The zero-order valence-electron chi connectivity index (χ0n) is 6.00. The van der Waals surface area contributed by atoms with Gasteiger partial charge in [-0.05, 0) is 24.6 Å². The van der Waals surface area contributed by atoms with Crippen molar-refractivity contribution in [1.82, 2.24) is 4.98 Å². The number of rotatable bonds is 1. The van der Waals surface area contributed by atoms with Gasteiger partial charge < -0.3 is 15.2 Å². The van der Waals surface area contributed by atoms with E-state index in [1.807, 2.05) is 12.2 Å². The highest BCUT2D eigenvalue weighted by Gasteiger charge is 1.91. The molecule has 1 N–H and O–H groups in total. The molecule has 1 amide bonds. The fraction of sp³-hybridized carbons (Fsp3) is 0.143. The van der Waals surface area contributed by atoms with Crippen LogP contribution >= 0.6 is 0 Å². The first-order valence-electron chi connectivity index (χ1n) is 3.09. The molecule has 0 radical (unpaired) electrons.